The molecule has 84 valence electrons. The van der Waals surface area contributed by atoms with Gasteiger partial charge in [-0.15, -0.1) is 0 Å². The number of nitrogens with two attached hydrogens (primary N) is 1. The standard InChI is InChI=1S/C13H22N2/c1-4-11-5-7-12(8-6-11)13(9-10-14)15(2)3/h5-8,13H,4,9-10,14H2,1-3H3. The van der Waals surface area contributed by atoms with Gasteiger partial charge in [-0.3, -0.25) is 0 Å². The van der Waals surface area contributed by atoms with Gasteiger partial charge in [0, 0.05) is 6.04 Å². The summed E-state index contributed by atoms with van der Waals surface area (Å²) >= 11 is 0. The van der Waals surface area contributed by atoms with Crippen LogP contribution in [0.3, 0.4) is 0 Å². The van der Waals surface area contributed by atoms with E-state index >= 15 is 0 Å². The largest absolute Gasteiger partial charge is 0.330 e. The molecule has 0 spiro atoms. The van der Waals surface area contributed by atoms with Gasteiger partial charge < -0.3 is 10.6 Å². The predicted molar refractivity (Wildman–Crippen MR) is 65.9 cm³/mol. The minimum absolute atomic E-state index is 0.445. The van der Waals surface area contributed by atoms with Crippen molar-refractivity contribution in [1.82, 2.24) is 4.90 Å². The maximum Gasteiger partial charge on any atom is 0.0354 e. The summed E-state index contributed by atoms with van der Waals surface area (Å²) in [6.45, 7) is 2.91. The molecule has 0 saturated carbocycles. The Hall–Kier alpha value is -0.860. The Labute approximate surface area is 93.1 Å². The average Bonchev–Trinajstić information content (AvgIpc) is 2.26. The molecule has 1 unspecified atom stereocenters. The Morgan fingerprint density at radius 2 is 1.80 bits per heavy atom. The lowest BCUT2D eigenvalue weighted by molar-refractivity contribution is 0.287. The van der Waals surface area contributed by atoms with Crippen LogP contribution < -0.4 is 5.73 Å². The van der Waals surface area contributed by atoms with Gasteiger partial charge in [-0.2, -0.15) is 0 Å². The van der Waals surface area contributed by atoms with E-state index in [1.54, 1.807) is 0 Å². The van der Waals surface area contributed by atoms with Crippen LogP contribution in [-0.4, -0.2) is 25.5 Å². The molecule has 1 rings (SSSR count). The smallest absolute Gasteiger partial charge is 0.0354 e. The maximum absolute atomic E-state index is 5.63. The van der Waals surface area contributed by atoms with Crippen molar-refractivity contribution in [3.05, 3.63) is 35.4 Å². The number of nitrogens with zero attached hydrogens (tertiary/aromatic N) is 1. The Balaban J connectivity index is 2.81. The highest BCUT2D eigenvalue weighted by Crippen LogP contribution is 2.21. The van der Waals surface area contributed by atoms with Crippen LogP contribution in [0.4, 0.5) is 0 Å². The van der Waals surface area contributed by atoms with Crippen LogP contribution in [0.25, 0.3) is 0 Å². The second-order valence-electron chi connectivity index (χ2n) is 4.15. The van der Waals surface area contributed by atoms with Gasteiger partial charge in [0.05, 0.1) is 0 Å². The van der Waals surface area contributed by atoms with Gasteiger partial charge >= 0.3 is 0 Å². The molecule has 2 heteroatoms. The molecule has 1 aromatic carbocycles. The van der Waals surface area contributed by atoms with E-state index in [9.17, 15) is 0 Å². The minimum atomic E-state index is 0.445. The molecular formula is C13H22N2. The molecule has 0 amide bonds. The highest BCUT2D eigenvalue weighted by Gasteiger charge is 2.12. The van der Waals surface area contributed by atoms with E-state index in [1.165, 1.54) is 11.1 Å². The summed E-state index contributed by atoms with van der Waals surface area (Å²) in [6.07, 6.45) is 2.11. The molecule has 1 atom stereocenters. The maximum atomic E-state index is 5.63. The molecule has 2 N–H and O–H groups in total. The predicted octanol–water partition coefficient (Wildman–Crippen LogP) is 2.20. The van der Waals surface area contributed by atoms with Crippen LogP contribution in [0.5, 0.6) is 0 Å². The third-order valence-electron chi connectivity index (χ3n) is 2.84. The second-order valence-corrected chi connectivity index (χ2v) is 4.15. The van der Waals surface area contributed by atoms with Crippen molar-refractivity contribution >= 4 is 0 Å². The lowest BCUT2D eigenvalue weighted by Crippen LogP contribution is -2.22. The van der Waals surface area contributed by atoms with Crippen molar-refractivity contribution in [1.29, 1.82) is 0 Å². The van der Waals surface area contributed by atoms with Crippen molar-refractivity contribution in [3.63, 3.8) is 0 Å². The van der Waals surface area contributed by atoms with Crippen LogP contribution in [-0.2, 0) is 6.42 Å². The zero-order chi connectivity index (χ0) is 11.3. The minimum Gasteiger partial charge on any atom is -0.330 e. The topological polar surface area (TPSA) is 29.3 Å². The SMILES string of the molecule is CCc1ccc(C(CCN)N(C)C)cc1. The molecule has 0 aliphatic carbocycles. The Bertz CT molecular complexity index is 277. The summed E-state index contributed by atoms with van der Waals surface area (Å²) in [6, 6.07) is 9.31. The molecule has 0 bridgehead atoms. The number of hydrogen-bond donors (Lipinski definition) is 1. The van der Waals surface area contributed by atoms with Gasteiger partial charge in [0.1, 0.15) is 0 Å². The number of hydrogen-bond acceptors (Lipinski definition) is 2. The van der Waals surface area contributed by atoms with Crippen molar-refractivity contribution in [2.24, 2.45) is 5.73 Å². The van der Waals surface area contributed by atoms with Gasteiger partial charge in [0.15, 0.2) is 0 Å². The van der Waals surface area contributed by atoms with E-state index in [0.29, 0.717) is 6.04 Å². The molecule has 0 radical (unpaired) electrons. The highest BCUT2D eigenvalue weighted by atomic mass is 15.1. The zero-order valence-electron chi connectivity index (χ0n) is 10.0. The van der Waals surface area contributed by atoms with E-state index in [4.69, 9.17) is 5.73 Å². The first-order valence-electron chi connectivity index (χ1n) is 5.64. The summed E-state index contributed by atoms with van der Waals surface area (Å²) in [5, 5.41) is 0. The van der Waals surface area contributed by atoms with Crippen LogP contribution in [0, 0.1) is 0 Å². The summed E-state index contributed by atoms with van der Waals surface area (Å²) in [5.41, 5.74) is 8.39. The summed E-state index contributed by atoms with van der Waals surface area (Å²) < 4.78 is 0. The number of rotatable bonds is 5. The average molecular weight is 206 g/mol. The van der Waals surface area contributed by atoms with Crippen LogP contribution in [0.15, 0.2) is 24.3 Å². The lowest BCUT2D eigenvalue weighted by atomic mass is 10.0. The van der Waals surface area contributed by atoms with Gasteiger partial charge in [-0.25, -0.2) is 0 Å². The molecule has 1 aromatic rings. The fraction of sp³-hybridized carbons (Fsp3) is 0.538. The third-order valence-corrected chi connectivity index (χ3v) is 2.84. The van der Waals surface area contributed by atoms with Gasteiger partial charge in [0.25, 0.3) is 0 Å². The summed E-state index contributed by atoms with van der Waals surface area (Å²) in [5.74, 6) is 0. The first-order chi connectivity index (χ1) is 7.19. The van der Waals surface area contributed by atoms with Gasteiger partial charge in [0.2, 0.25) is 0 Å². The van der Waals surface area contributed by atoms with Gasteiger partial charge in [-0.05, 0) is 44.6 Å². The van der Waals surface area contributed by atoms with E-state index < -0.39 is 0 Å². The number of aryl methyl sites for hydroxylation is 1. The van der Waals surface area contributed by atoms with E-state index in [-0.39, 0.29) is 0 Å². The first-order valence-corrected chi connectivity index (χ1v) is 5.64. The molecule has 0 fully saturated rings. The molecule has 0 aliphatic rings. The van der Waals surface area contributed by atoms with Crippen molar-refractivity contribution < 1.29 is 0 Å². The summed E-state index contributed by atoms with van der Waals surface area (Å²) in [4.78, 5) is 2.23. The normalized spacial score (nSPS) is 13.1. The second kappa shape index (κ2) is 5.89. The monoisotopic (exact) mass is 206 g/mol. The van der Waals surface area contributed by atoms with E-state index in [1.807, 2.05) is 0 Å². The fourth-order valence-electron chi connectivity index (χ4n) is 1.86. The molecule has 0 aromatic heterocycles. The lowest BCUT2D eigenvalue weighted by Gasteiger charge is -2.24. The quantitative estimate of drug-likeness (QED) is 0.800. The molecular weight excluding hydrogens is 184 g/mol. The molecule has 0 heterocycles. The Morgan fingerprint density at radius 1 is 1.20 bits per heavy atom. The first kappa shape index (κ1) is 12.2. The van der Waals surface area contributed by atoms with Crippen molar-refractivity contribution in [2.75, 3.05) is 20.6 Å². The molecule has 0 aliphatic heterocycles. The van der Waals surface area contributed by atoms with Crippen molar-refractivity contribution in [3.8, 4) is 0 Å². The number of benzene rings is 1. The van der Waals surface area contributed by atoms with Crippen LogP contribution in [0.1, 0.15) is 30.5 Å². The van der Waals surface area contributed by atoms with E-state index in [2.05, 4.69) is 50.2 Å². The highest BCUT2D eigenvalue weighted by molar-refractivity contribution is 5.25. The van der Waals surface area contributed by atoms with E-state index in [0.717, 1.165) is 19.4 Å². The zero-order valence-corrected chi connectivity index (χ0v) is 10.0. The Kier molecular flexibility index (Phi) is 4.79. The summed E-state index contributed by atoms with van der Waals surface area (Å²) in [7, 11) is 4.21. The van der Waals surface area contributed by atoms with Gasteiger partial charge in [-0.1, -0.05) is 31.2 Å². The molecule has 2 nitrogen and oxygen atoms in total. The molecule has 0 saturated heterocycles. The van der Waals surface area contributed by atoms with Crippen molar-refractivity contribution in [2.45, 2.75) is 25.8 Å². The molecule has 15 heavy (non-hydrogen) atoms. The van der Waals surface area contributed by atoms with Crippen LogP contribution >= 0.6 is 0 Å². The fourth-order valence-corrected chi connectivity index (χ4v) is 1.86. The van der Waals surface area contributed by atoms with Crippen LogP contribution in [0.2, 0.25) is 0 Å². The third kappa shape index (κ3) is 3.33. The Morgan fingerprint density at radius 3 is 2.20 bits per heavy atom.